The van der Waals surface area contributed by atoms with E-state index in [0.717, 1.165) is 22.8 Å². The maximum absolute atomic E-state index is 10.9. The van der Waals surface area contributed by atoms with Gasteiger partial charge < -0.3 is 14.6 Å². The molecule has 0 saturated carbocycles. The molecule has 0 aliphatic carbocycles. The number of carbonyl (C=O) groups is 1. The summed E-state index contributed by atoms with van der Waals surface area (Å²) in [6, 6.07) is 13.6. The summed E-state index contributed by atoms with van der Waals surface area (Å²) in [4.78, 5) is 10.9. The largest absolute Gasteiger partial charge is 0.493 e. The van der Waals surface area contributed by atoms with Crippen LogP contribution in [0.3, 0.4) is 0 Å². The molecule has 132 valence electrons. The molecule has 25 heavy (non-hydrogen) atoms. The van der Waals surface area contributed by atoms with E-state index in [1.807, 2.05) is 42.5 Å². The maximum Gasteiger partial charge on any atom is 0.328 e. The summed E-state index contributed by atoms with van der Waals surface area (Å²) < 4.78 is 11.4. The van der Waals surface area contributed by atoms with Gasteiger partial charge in [0.1, 0.15) is 6.61 Å². The minimum absolute atomic E-state index is 0.163. The fraction of sp³-hybridized carbons (Fsp3) is 0.286. The first-order valence-corrected chi connectivity index (χ1v) is 8.11. The van der Waals surface area contributed by atoms with Crippen molar-refractivity contribution in [3.8, 4) is 11.5 Å². The molecule has 4 heteroatoms. The Morgan fingerprint density at radius 2 is 1.80 bits per heavy atom. The Hall–Kier alpha value is -2.75. The third kappa shape index (κ3) is 5.11. The Labute approximate surface area is 148 Å². The molecule has 1 N–H and O–H groups in total. The second-order valence-electron chi connectivity index (χ2n) is 6.79. The lowest BCUT2D eigenvalue weighted by atomic mass is 9.83. The van der Waals surface area contributed by atoms with Gasteiger partial charge >= 0.3 is 5.97 Å². The Bertz CT molecular complexity index is 755. The second-order valence-corrected chi connectivity index (χ2v) is 6.79. The number of carboxylic acid groups (broad SMARTS) is 1. The fourth-order valence-electron chi connectivity index (χ4n) is 2.53. The summed E-state index contributed by atoms with van der Waals surface area (Å²) in [6.07, 6.45) is 2.73. The summed E-state index contributed by atoms with van der Waals surface area (Å²) in [5.74, 6) is 0.236. The lowest BCUT2D eigenvalue weighted by Gasteiger charge is -2.24. The van der Waals surface area contributed by atoms with Crippen molar-refractivity contribution in [1.29, 1.82) is 0 Å². The van der Waals surface area contributed by atoms with Crippen molar-refractivity contribution in [3.05, 3.63) is 65.2 Å². The number of ether oxygens (including phenoxy) is 2. The van der Waals surface area contributed by atoms with Crippen molar-refractivity contribution >= 4 is 12.0 Å². The summed E-state index contributed by atoms with van der Waals surface area (Å²) in [5.41, 5.74) is 2.68. The minimum Gasteiger partial charge on any atom is -0.493 e. The second kappa shape index (κ2) is 7.88. The van der Waals surface area contributed by atoms with Gasteiger partial charge in [0.25, 0.3) is 0 Å². The SMILES string of the molecule is COc1cc(C(C)(C)C)c(/C=C/C(=O)O)cc1OCc1ccccc1. The van der Waals surface area contributed by atoms with Crippen molar-refractivity contribution in [3.63, 3.8) is 0 Å². The molecule has 0 aliphatic heterocycles. The van der Waals surface area contributed by atoms with E-state index < -0.39 is 5.97 Å². The third-order valence-corrected chi connectivity index (χ3v) is 3.79. The fourth-order valence-corrected chi connectivity index (χ4v) is 2.53. The molecule has 0 aromatic heterocycles. The van der Waals surface area contributed by atoms with Gasteiger partial charge in [0.15, 0.2) is 11.5 Å². The van der Waals surface area contributed by atoms with Crippen LogP contribution in [0.5, 0.6) is 11.5 Å². The molecule has 0 atom stereocenters. The first kappa shape index (κ1) is 18.6. The number of methoxy groups -OCH3 is 1. The Kier molecular flexibility index (Phi) is 5.86. The molecule has 2 aromatic carbocycles. The highest BCUT2D eigenvalue weighted by atomic mass is 16.5. The molecule has 0 radical (unpaired) electrons. The van der Waals surface area contributed by atoms with E-state index >= 15 is 0 Å². The van der Waals surface area contributed by atoms with Gasteiger partial charge in [-0.1, -0.05) is 51.1 Å². The van der Waals surface area contributed by atoms with Gasteiger partial charge in [0.05, 0.1) is 7.11 Å². The topological polar surface area (TPSA) is 55.8 Å². The van der Waals surface area contributed by atoms with E-state index in [9.17, 15) is 4.79 Å². The number of rotatable bonds is 6. The molecular formula is C21H24O4. The Morgan fingerprint density at radius 3 is 2.36 bits per heavy atom. The van der Waals surface area contributed by atoms with Crippen LogP contribution in [0.4, 0.5) is 0 Å². The minimum atomic E-state index is -0.984. The third-order valence-electron chi connectivity index (χ3n) is 3.79. The number of hydrogen-bond acceptors (Lipinski definition) is 3. The van der Waals surface area contributed by atoms with Gasteiger partial charge in [-0.25, -0.2) is 4.79 Å². The van der Waals surface area contributed by atoms with Crippen molar-refractivity contribution in [2.45, 2.75) is 32.8 Å². The van der Waals surface area contributed by atoms with Crippen LogP contribution in [0, 0.1) is 0 Å². The summed E-state index contributed by atoms with van der Waals surface area (Å²) in [7, 11) is 1.60. The molecule has 2 aromatic rings. The maximum atomic E-state index is 10.9. The molecule has 2 rings (SSSR count). The molecule has 0 saturated heterocycles. The summed E-state index contributed by atoms with van der Waals surface area (Å²) in [5, 5.41) is 8.95. The summed E-state index contributed by atoms with van der Waals surface area (Å²) >= 11 is 0. The van der Waals surface area contributed by atoms with E-state index in [-0.39, 0.29) is 5.41 Å². The highest BCUT2D eigenvalue weighted by molar-refractivity contribution is 5.86. The average Bonchev–Trinajstić information content (AvgIpc) is 2.57. The summed E-state index contributed by atoms with van der Waals surface area (Å²) in [6.45, 7) is 6.63. The van der Waals surface area contributed by atoms with Crippen LogP contribution in [-0.2, 0) is 16.8 Å². The first-order chi connectivity index (χ1) is 11.8. The Balaban J connectivity index is 2.41. The molecule has 4 nitrogen and oxygen atoms in total. The van der Waals surface area contributed by atoms with Crippen molar-refractivity contribution in [1.82, 2.24) is 0 Å². The quantitative estimate of drug-likeness (QED) is 0.777. The van der Waals surface area contributed by atoms with Gasteiger partial charge in [0, 0.05) is 6.08 Å². The number of carboxylic acids is 1. The van der Waals surface area contributed by atoms with Crippen LogP contribution in [0.15, 0.2) is 48.5 Å². The molecule has 0 unspecified atom stereocenters. The van der Waals surface area contributed by atoms with Crippen molar-refractivity contribution in [2.24, 2.45) is 0 Å². The van der Waals surface area contributed by atoms with E-state index in [0.29, 0.717) is 18.1 Å². The standard InChI is InChI=1S/C21H24O4/c1-21(2,3)17-13-18(24-4)19(12-16(17)10-11-20(22)23)25-14-15-8-6-5-7-9-15/h5-13H,14H2,1-4H3,(H,22,23)/b11-10+. The zero-order valence-electron chi connectivity index (χ0n) is 15.1. The van der Waals surface area contributed by atoms with Gasteiger partial charge in [-0.05, 0) is 40.3 Å². The Morgan fingerprint density at radius 1 is 1.12 bits per heavy atom. The molecule has 0 bridgehead atoms. The predicted molar refractivity (Wildman–Crippen MR) is 99.1 cm³/mol. The van der Waals surface area contributed by atoms with Crippen LogP contribution < -0.4 is 9.47 Å². The van der Waals surface area contributed by atoms with Gasteiger partial charge in [0.2, 0.25) is 0 Å². The van der Waals surface area contributed by atoms with Gasteiger partial charge in [-0.2, -0.15) is 0 Å². The molecular weight excluding hydrogens is 316 g/mol. The lowest BCUT2D eigenvalue weighted by molar-refractivity contribution is -0.131. The van der Waals surface area contributed by atoms with Gasteiger partial charge in [-0.3, -0.25) is 0 Å². The zero-order chi connectivity index (χ0) is 18.4. The smallest absolute Gasteiger partial charge is 0.328 e. The molecule has 0 amide bonds. The lowest BCUT2D eigenvalue weighted by Crippen LogP contribution is -2.14. The molecule has 0 spiro atoms. The normalized spacial score (nSPS) is 11.5. The predicted octanol–water partition coefficient (Wildman–Crippen LogP) is 4.67. The van der Waals surface area contributed by atoms with Crippen LogP contribution in [0.1, 0.15) is 37.5 Å². The van der Waals surface area contributed by atoms with Crippen molar-refractivity contribution in [2.75, 3.05) is 7.11 Å². The monoisotopic (exact) mass is 340 g/mol. The molecule has 0 fully saturated rings. The number of aliphatic carboxylic acids is 1. The first-order valence-electron chi connectivity index (χ1n) is 8.11. The van der Waals surface area contributed by atoms with Crippen LogP contribution in [-0.4, -0.2) is 18.2 Å². The highest BCUT2D eigenvalue weighted by Gasteiger charge is 2.20. The highest BCUT2D eigenvalue weighted by Crippen LogP contribution is 2.37. The van der Waals surface area contributed by atoms with Crippen LogP contribution >= 0.6 is 0 Å². The van der Waals surface area contributed by atoms with E-state index in [2.05, 4.69) is 20.8 Å². The molecule has 0 aliphatic rings. The molecule has 0 heterocycles. The van der Waals surface area contributed by atoms with Gasteiger partial charge in [-0.15, -0.1) is 0 Å². The van der Waals surface area contributed by atoms with Crippen LogP contribution in [0.25, 0.3) is 6.08 Å². The number of hydrogen-bond donors (Lipinski definition) is 1. The van der Waals surface area contributed by atoms with Crippen molar-refractivity contribution < 1.29 is 19.4 Å². The van der Waals surface area contributed by atoms with Crippen LogP contribution in [0.2, 0.25) is 0 Å². The van der Waals surface area contributed by atoms with E-state index in [1.54, 1.807) is 13.2 Å². The zero-order valence-corrected chi connectivity index (χ0v) is 15.1. The average molecular weight is 340 g/mol. The van der Waals surface area contributed by atoms with E-state index in [4.69, 9.17) is 14.6 Å². The number of benzene rings is 2. The van der Waals surface area contributed by atoms with E-state index in [1.165, 1.54) is 0 Å².